The van der Waals surface area contributed by atoms with E-state index in [4.69, 9.17) is 4.74 Å². The Morgan fingerprint density at radius 3 is 2.29 bits per heavy atom. The average molecular weight is 469 g/mol. The van der Waals surface area contributed by atoms with E-state index in [1.807, 2.05) is 69.3 Å². The molecule has 5 heteroatoms. The summed E-state index contributed by atoms with van der Waals surface area (Å²) >= 11 is 0. The largest absolute Gasteiger partial charge is 0.494 e. The molecule has 5 nitrogen and oxygen atoms in total. The monoisotopic (exact) mass is 468 g/mol. The molecule has 2 amide bonds. The molecule has 0 saturated carbocycles. The van der Waals surface area contributed by atoms with Gasteiger partial charge >= 0.3 is 0 Å². The third kappa shape index (κ3) is 4.99. The van der Waals surface area contributed by atoms with Gasteiger partial charge in [0, 0.05) is 11.8 Å². The molecule has 0 aromatic heterocycles. The first-order valence-corrected chi connectivity index (χ1v) is 12.1. The topological polar surface area (TPSA) is 58.6 Å². The van der Waals surface area contributed by atoms with Gasteiger partial charge in [0.25, 0.3) is 11.8 Å². The zero-order valence-electron chi connectivity index (χ0n) is 21.0. The molecule has 1 aliphatic rings. The van der Waals surface area contributed by atoms with Gasteiger partial charge < -0.3 is 10.1 Å². The van der Waals surface area contributed by atoms with Crippen molar-refractivity contribution in [2.24, 2.45) is 0 Å². The maximum Gasteiger partial charge on any atom is 0.282 e. The van der Waals surface area contributed by atoms with Gasteiger partial charge in [-0.3, -0.25) is 9.59 Å². The quantitative estimate of drug-likeness (QED) is 0.378. The van der Waals surface area contributed by atoms with Crippen molar-refractivity contribution in [2.75, 3.05) is 16.8 Å². The van der Waals surface area contributed by atoms with Crippen LogP contribution in [0.3, 0.4) is 0 Å². The van der Waals surface area contributed by atoms with Crippen LogP contribution in [0, 0.1) is 13.8 Å². The van der Waals surface area contributed by atoms with Crippen molar-refractivity contribution in [3.05, 3.63) is 94.7 Å². The summed E-state index contributed by atoms with van der Waals surface area (Å²) in [6, 6.07) is 20.9. The van der Waals surface area contributed by atoms with Crippen molar-refractivity contribution in [1.29, 1.82) is 0 Å². The van der Waals surface area contributed by atoms with Gasteiger partial charge in [-0.05, 0) is 72.7 Å². The summed E-state index contributed by atoms with van der Waals surface area (Å²) in [7, 11) is 0. The molecular formula is C30H32N2O3. The fraction of sp³-hybridized carbons (Fsp3) is 0.267. The predicted molar refractivity (Wildman–Crippen MR) is 142 cm³/mol. The number of nitrogens with zero attached hydrogens (tertiary/aromatic N) is 1. The molecular weight excluding hydrogens is 436 g/mol. The molecule has 4 rings (SSSR count). The average Bonchev–Trinajstić information content (AvgIpc) is 3.09. The SMILES string of the molecule is CCCOc1cccc(N2C(=O)C(Nc3ccc(C(C)C)cc3)=C(c3ccc(C)c(C)c3)C2=O)c1. The molecule has 1 heterocycles. The maximum absolute atomic E-state index is 13.7. The van der Waals surface area contributed by atoms with Crippen molar-refractivity contribution < 1.29 is 14.3 Å². The Kier molecular flexibility index (Phi) is 7.06. The minimum absolute atomic E-state index is 0.274. The number of rotatable bonds is 8. The van der Waals surface area contributed by atoms with E-state index in [0.29, 0.717) is 35.1 Å². The van der Waals surface area contributed by atoms with Crippen molar-refractivity contribution in [1.82, 2.24) is 0 Å². The highest BCUT2D eigenvalue weighted by molar-refractivity contribution is 6.46. The van der Waals surface area contributed by atoms with Crippen molar-refractivity contribution >= 4 is 28.8 Å². The zero-order valence-corrected chi connectivity index (χ0v) is 21.0. The lowest BCUT2D eigenvalue weighted by atomic mass is 9.99. The van der Waals surface area contributed by atoms with E-state index >= 15 is 0 Å². The van der Waals surface area contributed by atoms with E-state index in [1.54, 1.807) is 18.2 Å². The second kappa shape index (κ2) is 10.2. The van der Waals surface area contributed by atoms with E-state index in [9.17, 15) is 9.59 Å². The highest BCUT2D eigenvalue weighted by Crippen LogP contribution is 2.35. The van der Waals surface area contributed by atoms with Crippen LogP contribution in [0.1, 0.15) is 55.4 Å². The van der Waals surface area contributed by atoms with Crippen LogP contribution in [0.4, 0.5) is 11.4 Å². The maximum atomic E-state index is 13.7. The molecule has 1 N–H and O–H groups in total. The molecule has 180 valence electrons. The first-order valence-electron chi connectivity index (χ1n) is 12.1. The van der Waals surface area contributed by atoms with Crippen LogP contribution < -0.4 is 15.0 Å². The van der Waals surface area contributed by atoms with E-state index < -0.39 is 0 Å². The molecule has 0 fully saturated rings. The highest BCUT2D eigenvalue weighted by Gasteiger charge is 2.40. The van der Waals surface area contributed by atoms with Gasteiger partial charge in [-0.2, -0.15) is 0 Å². The molecule has 0 bridgehead atoms. The molecule has 0 aliphatic carbocycles. The standard InChI is InChI=1S/C30H32N2O3/c1-6-16-35-26-9-7-8-25(18-26)32-29(33)27(23-11-10-20(4)21(5)17-23)28(30(32)34)31-24-14-12-22(13-15-24)19(2)3/h7-15,17-19,31H,6,16H2,1-5H3. The number of aryl methyl sites for hydroxylation is 2. The Balaban J connectivity index is 1.76. The highest BCUT2D eigenvalue weighted by atomic mass is 16.5. The summed E-state index contributed by atoms with van der Waals surface area (Å²) in [6.07, 6.45) is 0.869. The zero-order chi connectivity index (χ0) is 25.1. The molecule has 0 unspecified atom stereocenters. The number of hydrogen-bond acceptors (Lipinski definition) is 4. The number of carbonyl (C=O) groups excluding carboxylic acids is 2. The summed E-state index contributed by atoms with van der Waals surface area (Å²) in [4.78, 5) is 28.7. The van der Waals surface area contributed by atoms with Gasteiger partial charge in [-0.1, -0.05) is 57.2 Å². The van der Waals surface area contributed by atoms with Gasteiger partial charge in [0.1, 0.15) is 11.4 Å². The van der Waals surface area contributed by atoms with Gasteiger partial charge in [-0.15, -0.1) is 0 Å². The first kappa shape index (κ1) is 24.3. The molecule has 3 aromatic rings. The van der Waals surface area contributed by atoms with Crippen molar-refractivity contribution in [3.8, 4) is 5.75 Å². The van der Waals surface area contributed by atoms with Crippen molar-refractivity contribution in [3.63, 3.8) is 0 Å². The Morgan fingerprint density at radius 1 is 0.886 bits per heavy atom. The van der Waals surface area contributed by atoms with Gasteiger partial charge in [0.2, 0.25) is 0 Å². The second-order valence-corrected chi connectivity index (χ2v) is 9.24. The van der Waals surface area contributed by atoms with Gasteiger partial charge in [-0.25, -0.2) is 4.90 Å². The predicted octanol–water partition coefficient (Wildman–Crippen LogP) is 6.61. The number of carbonyl (C=O) groups is 2. The second-order valence-electron chi connectivity index (χ2n) is 9.24. The summed E-state index contributed by atoms with van der Waals surface area (Å²) in [5.74, 6) is 0.293. The smallest absolute Gasteiger partial charge is 0.282 e. The first-order chi connectivity index (χ1) is 16.8. The Bertz CT molecular complexity index is 1290. The molecule has 3 aromatic carbocycles. The lowest BCUT2D eigenvalue weighted by Crippen LogP contribution is -2.32. The molecule has 0 atom stereocenters. The number of ether oxygens (including phenoxy) is 1. The van der Waals surface area contributed by atoms with Gasteiger partial charge in [0.05, 0.1) is 17.9 Å². The lowest BCUT2D eigenvalue weighted by molar-refractivity contribution is -0.120. The number of anilines is 2. The van der Waals surface area contributed by atoms with Crippen LogP contribution >= 0.6 is 0 Å². The summed E-state index contributed by atoms with van der Waals surface area (Å²) in [5.41, 5.74) is 6.00. The van der Waals surface area contributed by atoms with Crippen LogP contribution in [0.2, 0.25) is 0 Å². The third-order valence-corrected chi connectivity index (χ3v) is 6.27. The fourth-order valence-corrected chi connectivity index (χ4v) is 4.07. The number of benzene rings is 3. The third-order valence-electron chi connectivity index (χ3n) is 6.27. The lowest BCUT2D eigenvalue weighted by Gasteiger charge is -2.17. The van der Waals surface area contributed by atoms with Crippen LogP contribution in [-0.2, 0) is 9.59 Å². The number of nitrogens with one attached hydrogen (secondary N) is 1. The Hall–Kier alpha value is -3.86. The number of hydrogen-bond donors (Lipinski definition) is 1. The van der Waals surface area contributed by atoms with E-state index in [2.05, 4.69) is 19.2 Å². The minimum atomic E-state index is -0.385. The summed E-state index contributed by atoms with van der Waals surface area (Å²) in [5, 5.41) is 3.25. The number of imide groups is 1. The molecule has 0 radical (unpaired) electrons. The van der Waals surface area contributed by atoms with Gasteiger partial charge in [0.15, 0.2) is 0 Å². The van der Waals surface area contributed by atoms with E-state index in [1.165, 1.54) is 10.5 Å². The van der Waals surface area contributed by atoms with Crippen LogP contribution in [-0.4, -0.2) is 18.4 Å². The molecule has 0 spiro atoms. The Morgan fingerprint density at radius 2 is 1.63 bits per heavy atom. The number of amides is 2. The summed E-state index contributed by atoms with van der Waals surface area (Å²) < 4.78 is 5.74. The fourth-order valence-electron chi connectivity index (χ4n) is 4.07. The normalized spacial score (nSPS) is 13.7. The van der Waals surface area contributed by atoms with Crippen molar-refractivity contribution in [2.45, 2.75) is 47.0 Å². The van der Waals surface area contributed by atoms with Crippen LogP contribution in [0.25, 0.3) is 5.57 Å². The summed E-state index contributed by atoms with van der Waals surface area (Å²) in [6.45, 7) is 10.9. The van der Waals surface area contributed by atoms with Crippen LogP contribution in [0.5, 0.6) is 5.75 Å². The van der Waals surface area contributed by atoms with E-state index in [0.717, 1.165) is 23.2 Å². The molecule has 35 heavy (non-hydrogen) atoms. The minimum Gasteiger partial charge on any atom is -0.494 e. The van der Waals surface area contributed by atoms with Crippen LogP contribution in [0.15, 0.2) is 72.4 Å². The Labute approximate surface area is 207 Å². The molecule has 1 aliphatic heterocycles. The van der Waals surface area contributed by atoms with E-state index in [-0.39, 0.29) is 17.5 Å². The molecule has 0 saturated heterocycles.